The molecule has 0 aliphatic carbocycles. The first kappa shape index (κ1) is 17.2. The Morgan fingerprint density at radius 2 is 2.00 bits per heavy atom. The van der Waals surface area contributed by atoms with Crippen molar-refractivity contribution in [3.05, 3.63) is 0 Å². The number of hydrogen-bond acceptors (Lipinski definition) is 3. The zero-order valence-electron chi connectivity index (χ0n) is 12.2. The predicted octanol–water partition coefficient (Wildman–Crippen LogP) is 1.80. The first-order valence-corrected chi connectivity index (χ1v) is 6.75. The number of hydrogen-bond donors (Lipinski definition) is 1. The van der Waals surface area contributed by atoms with Gasteiger partial charge in [0.15, 0.2) is 0 Å². The Balaban J connectivity index is 2.19. The second kappa shape index (κ2) is 6.76. The van der Waals surface area contributed by atoms with Crippen molar-refractivity contribution in [3.63, 3.8) is 0 Å². The van der Waals surface area contributed by atoms with E-state index < -0.39 is 12.7 Å². The van der Waals surface area contributed by atoms with E-state index in [1.165, 1.54) is 4.90 Å². The minimum absolute atomic E-state index is 0.0253. The summed E-state index contributed by atoms with van der Waals surface area (Å²) in [4.78, 5) is 12.9. The fourth-order valence-electron chi connectivity index (χ4n) is 2.07. The molecule has 1 unspecified atom stereocenters. The molecule has 1 fully saturated rings. The summed E-state index contributed by atoms with van der Waals surface area (Å²) in [6, 6.07) is 0. The van der Waals surface area contributed by atoms with Crippen molar-refractivity contribution in [1.29, 1.82) is 0 Å². The number of ether oxygens (including phenoxy) is 1. The highest BCUT2D eigenvalue weighted by atomic mass is 19.4. The summed E-state index contributed by atoms with van der Waals surface area (Å²) < 4.78 is 42.0. The van der Waals surface area contributed by atoms with E-state index in [9.17, 15) is 18.0 Å². The molecule has 1 heterocycles. The standard InChI is InChI=1S/C13H23F3N2O2/c1-12(2,3)20-8-11(19)17-6-10-4-5-18(7-10)9-13(14,15)16/h10H,4-9H2,1-3H3,(H,17,19). The summed E-state index contributed by atoms with van der Waals surface area (Å²) in [5.74, 6) is -0.148. The number of alkyl halides is 3. The van der Waals surface area contributed by atoms with E-state index in [0.717, 1.165) is 0 Å². The average Bonchev–Trinajstić information content (AvgIpc) is 2.67. The quantitative estimate of drug-likeness (QED) is 0.841. The number of rotatable bonds is 5. The van der Waals surface area contributed by atoms with Crippen LogP contribution >= 0.6 is 0 Å². The number of nitrogens with zero attached hydrogens (tertiary/aromatic N) is 1. The van der Waals surface area contributed by atoms with Crippen LogP contribution in [-0.2, 0) is 9.53 Å². The van der Waals surface area contributed by atoms with Crippen LogP contribution < -0.4 is 5.32 Å². The molecule has 1 rings (SSSR count). The van der Waals surface area contributed by atoms with Crippen molar-refractivity contribution in [2.75, 3.05) is 32.8 Å². The number of nitrogens with one attached hydrogen (secondary N) is 1. The molecule has 1 aliphatic rings. The Morgan fingerprint density at radius 1 is 1.35 bits per heavy atom. The Hall–Kier alpha value is -0.820. The first-order chi connectivity index (χ1) is 9.05. The fraction of sp³-hybridized carbons (Fsp3) is 0.923. The van der Waals surface area contributed by atoms with E-state index in [2.05, 4.69) is 5.32 Å². The highest BCUT2D eigenvalue weighted by Gasteiger charge is 2.34. The molecule has 1 aliphatic heterocycles. The maximum Gasteiger partial charge on any atom is 0.401 e. The van der Waals surface area contributed by atoms with Crippen LogP contribution in [0.4, 0.5) is 13.2 Å². The third-order valence-electron chi connectivity index (χ3n) is 3.00. The van der Waals surface area contributed by atoms with E-state index in [-0.39, 0.29) is 24.0 Å². The minimum Gasteiger partial charge on any atom is -0.366 e. The van der Waals surface area contributed by atoms with E-state index in [4.69, 9.17) is 4.74 Å². The van der Waals surface area contributed by atoms with Gasteiger partial charge in [0.1, 0.15) is 6.61 Å². The maximum absolute atomic E-state index is 12.2. The lowest BCUT2D eigenvalue weighted by Crippen LogP contribution is -2.36. The van der Waals surface area contributed by atoms with Crippen molar-refractivity contribution in [2.24, 2.45) is 5.92 Å². The van der Waals surface area contributed by atoms with E-state index in [0.29, 0.717) is 26.1 Å². The van der Waals surface area contributed by atoms with Gasteiger partial charge >= 0.3 is 6.18 Å². The number of halogens is 3. The molecule has 1 amide bonds. The molecular weight excluding hydrogens is 273 g/mol. The van der Waals surface area contributed by atoms with Crippen LogP contribution in [-0.4, -0.2) is 55.4 Å². The third kappa shape index (κ3) is 7.69. The van der Waals surface area contributed by atoms with Crippen LogP contribution in [0.3, 0.4) is 0 Å². The SMILES string of the molecule is CC(C)(C)OCC(=O)NCC1CCN(CC(F)(F)F)C1. The largest absolute Gasteiger partial charge is 0.401 e. The van der Waals surface area contributed by atoms with Crippen LogP contribution in [0.25, 0.3) is 0 Å². The molecule has 0 radical (unpaired) electrons. The van der Waals surface area contributed by atoms with Gasteiger partial charge in [-0.1, -0.05) is 0 Å². The van der Waals surface area contributed by atoms with Crippen LogP contribution in [0, 0.1) is 5.92 Å². The number of likely N-dealkylation sites (tertiary alicyclic amines) is 1. The van der Waals surface area contributed by atoms with E-state index in [1.807, 2.05) is 20.8 Å². The number of carbonyl (C=O) groups excluding carboxylic acids is 1. The Morgan fingerprint density at radius 3 is 2.55 bits per heavy atom. The normalized spacial score (nSPS) is 21.2. The van der Waals surface area contributed by atoms with Crippen molar-refractivity contribution in [1.82, 2.24) is 10.2 Å². The van der Waals surface area contributed by atoms with Gasteiger partial charge in [0.05, 0.1) is 12.1 Å². The van der Waals surface area contributed by atoms with Crippen LogP contribution in [0.2, 0.25) is 0 Å². The zero-order chi connectivity index (χ0) is 15.4. The molecule has 0 aromatic carbocycles. The lowest BCUT2D eigenvalue weighted by molar-refractivity contribution is -0.143. The monoisotopic (exact) mass is 296 g/mol. The minimum atomic E-state index is -4.15. The molecule has 1 saturated heterocycles. The van der Waals surface area contributed by atoms with Gasteiger partial charge in [-0.15, -0.1) is 0 Å². The first-order valence-electron chi connectivity index (χ1n) is 6.75. The average molecular weight is 296 g/mol. The van der Waals surface area contributed by atoms with Gasteiger partial charge in [-0.05, 0) is 39.7 Å². The Labute approximate surface area is 117 Å². The summed E-state index contributed by atoms with van der Waals surface area (Å²) in [7, 11) is 0. The summed E-state index contributed by atoms with van der Waals surface area (Å²) in [5, 5.41) is 2.71. The third-order valence-corrected chi connectivity index (χ3v) is 3.00. The van der Waals surface area contributed by atoms with Crippen LogP contribution in [0.5, 0.6) is 0 Å². The van der Waals surface area contributed by atoms with E-state index in [1.54, 1.807) is 0 Å². The van der Waals surface area contributed by atoms with Gasteiger partial charge in [-0.25, -0.2) is 0 Å². The number of carbonyl (C=O) groups is 1. The molecule has 4 nitrogen and oxygen atoms in total. The fourth-order valence-corrected chi connectivity index (χ4v) is 2.07. The second-order valence-corrected chi connectivity index (χ2v) is 6.21. The van der Waals surface area contributed by atoms with Gasteiger partial charge in [0.25, 0.3) is 0 Å². The van der Waals surface area contributed by atoms with E-state index >= 15 is 0 Å². The van der Waals surface area contributed by atoms with Gasteiger partial charge in [-0.3, -0.25) is 9.69 Å². The van der Waals surface area contributed by atoms with Gasteiger partial charge in [0, 0.05) is 13.1 Å². The van der Waals surface area contributed by atoms with Gasteiger partial charge < -0.3 is 10.1 Å². The van der Waals surface area contributed by atoms with Crippen molar-refractivity contribution in [3.8, 4) is 0 Å². The van der Waals surface area contributed by atoms with Crippen LogP contribution in [0.1, 0.15) is 27.2 Å². The lowest BCUT2D eigenvalue weighted by atomic mass is 10.1. The smallest absolute Gasteiger partial charge is 0.366 e. The highest BCUT2D eigenvalue weighted by molar-refractivity contribution is 5.77. The molecule has 118 valence electrons. The highest BCUT2D eigenvalue weighted by Crippen LogP contribution is 2.22. The summed E-state index contributed by atoms with van der Waals surface area (Å²) in [6.45, 7) is 5.87. The van der Waals surface area contributed by atoms with Crippen LogP contribution in [0.15, 0.2) is 0 Å². The molecule has 20 heavy (non-hydrogen) atoms. The maximum atomic E-state index is 12.2. The molecule has 0 spiro atoms. The zero-order valence-corrected chi connectivity index (χ0v) is 12.2. The van der Waals surface area contributed by atoms with Gasteiger partial charge in [0.2, 0.25) is 5.91 Å². The molecular formula is C13H23F3N2O2. The van der Waals surface area contributed by atoms with Crippen molar-refractivity contribution in [2.45, 2.75) is 39.0 Å². The molecule has 1 atom stereocenters. The summed E-state index contributed by atoms with van der Waals surface area (Å²) in [5.41, 5.74) is -0.381. The number of amides is 1. The molecule has 7 heteroatoms. The van der Waals surface area contributed by atoms with Crippen molar-refractivity contribution >= 4 is 5.91 Å². The molecule has 1 N–H and O–H groups in total. The predicted molar refractivity (Wildman–Crippen MR) is 69.3 cm³/mol. The molecule has 0 aromatic heterocycles. The topological polar surface area (TPSA) is 41.6 Å². The Bertz CT molecular complexity index is 327. The summed E-state index contributed by atoms with van der Waals surface area (Å²) >= 11 is 0. The molecule has 0 bridgehead atoms. The van der Waals surface area contributed by atoms with Gasteiger partial charge in [-0.2, -0.15) is 13.2 Å². The molecule has 0 aromatic rings. The second-order valence-electron chi connectivity index (χ2n) is 6.21. The lowest BCUT2D eigenvalue weighted by Gasteiger charge is -2.20. The Kier molecular flexibility index (Phi) is 5.82. The van der Waals surface area contributed by atoms with Crippen molar-refractivity contribution < 1.29 is 22.7 Å². The summed E-state index contributed by atoms with van der Waals surface area (Å²) in [6.07, 6.45) is -3.48. The molecule has 0 saturated carbocycles.